The third kappa shape index (κ3) is 22.2. The molecule has 1 aliphatic carbocycles. The number of likely N-dealkylation sites (N-methyl/N-ethyl adjacent to an activating group) is 2. The number of phenols is 1. The molecule has 0 saturated carbocycles. The Balaban J connectivity index is 0.891. The van der Waals surface area contributed by atoms with Gasteiger partial charge in [-0.1, -0.05) is 17.9 Å². The number of phosphoric acid groups is 2. The lowest BCUT2D eigenvalue weighted by Crippen LogP contribution is -2.52. The number of ether oxygens (including phenoxy) is 2. The molecule has 2 amide bonds. The predicted molar refractivity (Wildman–Crippen MR) is 324 cm³/mol. The standard InChI is InChI=1S/C55H79F2N10O20P3S/c1-64(2,3)25-26-67(8,9)34-50(71)59-18-12-15-37-33-63(55(73)62-53(37)58)51-32-45(70)48(85-51)35-83-89(76,77)87-90(78,79)86-88(74,75)61-20-14-24-66(6,7)22-11-10-21-65(4,5)23-13-19-60-54(72)36-16-17-38(49(27-36)91(80,81)82)52-39-28-41(56)43(68)30-46(39)84-47-31-44(69)42(57)29-40(47)52/h16-17,27-31,33,43,45,48,51,68,70H,10-11,13-14,18-26,32,34-35H2,1-9H3,(H6-4,58,59,60,61,62,69,71,72,73,74,75,76,77,78,79,80,81,82)/p+4/t43?,45-,48-,51-/m1/s1. The number of fused-ring (bicyclic) bond motifs is 2. The lowest BCUT2D eigenvalue weighted by molar-refractivity contribution is -0.933. The number of unbranched alkanes of at least 4 members (excludes halogenated alkanes) is 1. The van der Waals surface area contributed by atoms with Crippen LogP contribution in [0, 0.1) is 23.1 Å². The number of hydrogen-bond acceptors (Lipinski definition) is 17. The van der Waals surface area contributed by atoms with E-state index < -0.39 is 98.5 Å². The number of carbonyl (C=O) groups is 2. The summed E-state index contributed by atoms with van der Waals surface area (Å²) in [6.07, 6.45) is -0.680. The highest BCUT2D eigenvalue weighted by Crippen LogP contribution is 2.66. The van der Waals surface area contributed by atoms with Crippen LogP contribution in [-0.4, -0.2) is 236 Å². The molecule has 4 unspecified atom stereocenters. The molecular formula is C55H83F2N10O20P3S+4. The summed E-state index contributed by atoms with van der Waals surface area (Å²) in [7, 11) is -3.69. The van der Waals surface area contributed by atoms with Gasteiger partial charge in [-0.25, -0.2) is 32.4 Å². The fraction of sp³-hybridized carbons (Fsp3) is 0.527. The van der Waals surface area contributed by atoms with Crippen molar-refractivity contribution in [2.45, 2.75) is 61.5 Å². The van der Waals surface area contributed by atoms with Crippen molar-refractivity contribution in [3.05, 3.63) is 110 Å². The summed E-state index contributed by atoms with van der Waals surface area (Å²) in [5, 5.41) is 46.6. The zero-order chi connectivity index (χ0) is 67.9. The lowest BCUT2D eigenvalue weighted by atomic mass is 9.86. The van der Waals surface area contributed by atoms with Gasteiger partial charge in [0.2, 0.25) is 0 Å². The van der Waals surface area contributed by atoms with Crippen LogP contribution >= 0.6 is 23.4 Å². The molecular weight excluding hydrogens is 1280 g/mol. The number of phenolic OH excluding ortho intramolecular Hbond substituents is 1. The molecule has 1 fully saturated rings. The molecule has 3 aromatic rings. The van der Waals surface area contributed by atoms with E-state index >= 15 is 0 Å². The molecule has 2 aromatic carbocycles. The molecule has 2 aliphatic heterocycles. The predicted octanol–water partition coefficient (Wildman–Crippen LogP) is 2.04. The molecule has 36 heteroatoms. The highest BCUT2D eigenvalue weighted by molar-refractivity contribution is 7.86. The Kier molecular flexibility index (Phi) is 24.3. The minimum atomic E-state index is -5.80. The summed E-state index contributed by atoms with van der Waals surface area (Å²) in [6.45, 7) is 3.28. The Morgan fingerprint density at radius 1 is 0.846 bits per heavy atom. The van der Waals surface area contributed by atoms with E-state index in [1.54, 1.807) is 0 Å². The number of aromatic amines is 1. The van der Waals surface area contributed by atoms with Gasteiger partial charge in [-0.05, 0) is 30.4 Å². The second-order valence-corrected chi connectivity index (χ2v) is 31.4. The number of amides is 2. The number of nitrogens with zero attached hydrogens (tertiary/aromatic N) is 5. The number of halogens is 2. The zero-order valence-electron chi connectivity index (χ0n) is 51.9. The van der Waals surface area contributed by atoms with Crippen LogP contribution in [0.3, 0.4) is 0 Å². The van der Waals surface area contributed by atoms with Crippen molar-refractivity contribution in [1.82, 2.24) is 25.3 Å². The summed E-state index contributed by atoms with van der Waals surface area (Å²) in [5.41, 5.74) is -1.90. The fourth-order valence-corrected chi connectivity index (χ4v) is 14.4. The molecule has 1 aromatic heterocycles. The number of hydrogen-bond donors (Lipinski definition) is 12. The van der Waals surface area contributed by atoms with Gasteiger partial charge in [-0.15, -0.1) is 0 Å². The second-order valence-electron chi connectivity index (χ2n) is 25.2. The summed E-state index contributed by atoms with van der Waals surface area (Å²) >= 11 is 0. The Morgan fingerprint density at radius 2 is 1.48 bits per heavy atom. The van der Waals surface area contributed by atoms with Crippen molar-refractivity contribution in [3.63, 3.8) is 0 Å². The first-order valence-corrected chi connectivity index (χ1v) is 34.6. The molecule has 3 aliphatic rings. The van der Waals surface area contributed by atoms with Crippen LogP contribution in [0.4, 0.5) is 8.78 Å². The van der Waals surface area contributed by atoms with Crippen LogP contribution in [0.25, 0.3) is 5.57 Å². The molecule has 0 bridgehead atoms. The number of carbonyl (C=O) groups excluding carboxylic acids is 2. The van der Waals surface area contributed by atoms with Crippen LogP contribution in [0.15, 0.2) is 75.5 Å². The summed E-state index contributed by atoms with van der Waals surface area (Å²) in [4.78, 5) is 71.1. The van der Waals surface area contributed by atoms with Crippen molar-refractivity contribution < 1.29 is 116 Å². The first-order chi connectivity index (χ1) is 41.9. The fourth-order valence-electron chi connectivity index (χ4n) is 9.92. The SMILES string of the molecule is C[N+](C)(C)CC[N+](C)(C)CC(=O)NCC#Cc1cn([C@H]2C[C@@H](O)[C@@H](COP(=O)(O)OP(=O)(O)OP(=O)(O)NCCC[N+](C)(C)CCCC[N+](C)(C)CCCNC(=O)c3ccc(C4=C5C=C(F)C(O)C=C5Oc5cc(O)c(F)cc54)c(S(=O)(=O)O)c3)O2)c(=O)[nH]c1=N. The minimum absolute atomic E-state index is 0.0298. The third-order valence-electron chi connectivity index (χ3n) is 14.9. The summed E-state index contributed by atoms with van der Waals surface area (Å²) in [6, 6.07) is 5.13. The number of aromatic hydroxyl groups is 1. The first kappa shape index (κ1) is 74.4. The van der Waals surface area contributed by atoms with Gasteiger partial charge in [-0.3, -0.25) is 33.6 Å². The average Bonchev–Trinajstić information content (AvgIpc) is 1.05. The van der Waals surface area contributed by atoms with Crippen LogP contribution < -0.4 is 31.6 Å². The Bertz CT molecular complexity index is 3790. The molecule has 1 saturated heterocycles. The number of benzene rings is 2. The second kappa shape index (κ2) is 29.7. The van der Waals surface area contributed by atoms with E-state index in [4.69, 9.17) is 19.4 Å². The number of H-pyrrole nitrogens is 1. The minimum Gasteiger partial charge on any atom is -0.505 e. The number of quaternary nitrogens is 4. The van der Waals surface area contributed by atoms with Crippen molar-refractivity contribution in [2.24, 2.45) is 0 Å². The number of rotatable bonds is 31. The monoisotopic (exact) mass is 1370 g/mol. The Labute approximate surface area is 525 Å². The number of aromatic nitrogens is 2. The van der Waals surface area contributed by atoms with Gasteiger partial charge in [0.25, 0.3) is 21.9 Å². The number of phosphoric ester groups is 1. The van der Waals surface area contributed by atoms with Crippen molar-refractivity contribution in [2.75, 3.05) is 135 Å². The van der Waals surface area contributed by atoms with Crippen LogP contribution in [0.2, 0.25) is 0 Å². The van der Waals surface area contributed by atoms with Crippen LogP contribution in [-0.2, 0) is 46.5 Å². The number of allylic oxidation sites excluding steroid dienone is 1. The van der Waals surface area contributed by atoms with E-state index in [-0.39, 0.29) is 95.3 Å². The number of aliphatic hydroxyl groups excluding tert-OH is 2. The topological polar surface area (TPSA) is 405 Å². The van der Waals surface area contributed by atoms with Gasteiger partial charge in [-0.2, -0.15) is 17.0 Å². The quantitative estimate of drug-likeness (QED) is 0.0144. The Morgan fingerprint density at radius 3 is 2.12 bits per heavy atom. The molecule has 504 valence electrons. The molecule has 12 N–H and O–H groups in total. The van der Waals surface area contributed by atoms with E-state index in [9.17, 15) is 79.8 Å². The molecule has 0 spiro atoms. The van der Waals surface area contributed by atoms with E-state index in [2.05, 4.69) is 62.3 Å². The van der Waals surface area contributed by atoms with Crippen molar-refractivity contribution in [3.8, 4) is 23.3 Å². The lowest BCUT2D eigenvalue weighted by Gasteiger charge is -2.32. The normalized spacial score (nSPS) is 19.9. The van der Waals surface area contributed by atoms with Gasteiger partial charge >= 0.3 is 29.1 Å². The molecule has 30 nitrogen and oxygen atoms in total. The number of nitrogens with one attached hydrogen (secondary N) is 5. The van der Waals surface area contributed by atoms with Gasteiger partial charge in [0.05, 0.1) is 114 Å². The maximum absolute atomic E-state index is 14.8. The van der Waals surface area contributed by atoms with Crippen LogP contribution in [0.1, 0.15) is 65.4 Å². The van der Waals surface area contributed by atoms with Crippen molar-refractivity contribution in [1.29, 1.82) is 5.41 Å². The van der Waals surface area contributed by atoms with Crippen LogP contribution in [0.5, 0.6) is 11.5 Å². The van der Waals surface area contributed by atoms with E-state index in [0.717, 1.165) is 71.9 Å². The first-order valence-electron chi connectivity index (χ1n) is 28.6. The highest BCUT2D eigenvalue weighted by atomic mass is 32.2. The third-order valence-corrected chi connectivity index (χ3v) is 20.2. The molecule has 7 atom stereocenters. The highest BCUT2D eigenvalue weighted by Gasteiger charge is 2.44. The van der Waals surface area contributed by atoms with E-state index in [1.165, 1.54) is 18.3 Å². The van der Waals surface area contributed by atoms with Crippen molar-refractivity contribution >= 4 is 50.9 Å². The maximum Gasteiger partial charge on any atom is 0.489 e. The van der Waals surface area contributed by atoms with Gasteiger partial charge in [0.1, 0.15) is 59.2 Å². The smallest absolute Gasteiger partial charge is 0.489 e. The average molecular weight is 1370 g/mol. The summed E-state index contributed by atoms with van der Waals surface area (Å²) in [5.74, 6) is 1.26. The molecule has 91 heavy (non-hydrogen) atoms. The van der Waals surface area contributed by atoms with Gasteiger partial charge in [0.15, 0.2) is 18.1 Å². The largest absolute Gasteiger partial charge is 0.505 e. The van der Waals surface area contributed by atoms with E-state index in [0.29, 0.717) is 39.5 Å². The van der Waals surface area contributed by atoms with Gasteiger partial charge in [0, 0.05) is 85.3 Å². The molecule has 3 heterocycles. The van der Waals surface area contributed by atoms with Gasteiger partial charge < -0.3 is 68.0 Å². The number of aliphatic hydroxyl groups is 2. The Hall–Kier alpha value is -5.66. The van der Waals surface area contributed by atoms with E-state index in [1.807, 2.05) is 42.3 Å². The molecule has 6 rings (SSSR count). The summed E-state index contributed by atoms with van der Waals surface area (Å²) < 4.78 is 132. The maximum atomic E-state index is 14.8. The molecule has 0 radical (unpaired) electrons. The zero-order valence-corrected chi connectivity index (χ0v) is 55.4.